The van der Waals surface area contributed by atoms with Gasteiger partial charge < -0.3 is 5.73 Å². The highest BCUT2D eigenvalue weighted by Crippen LogP contribution is 2.21. The molecule has 0 unspecified atom stereocenters. The largest absolute Gasteiger partial charge is 0.324 e. The van der Waals surface area contributed by atoms with E-state index in [0.29, 0.717) is 5.56 Å². The Hall–Kier alpha value is -0.860. The lowest BCUT2D eigenvalue weighted by Gasteiger charge is -2.13. The standard InChI is InChI=1S/C12H16FN.ClH/c1-3-4-8-12(14)10-6-5-7-11(13)9(10)2;/h3,5-7,12H,1,4,8,14H2,2H3;1H/t12-;/m1./s1. The van der Waals surface area contributed by atoms with Gasteiger partial charge in [0.25, 0.3) is 0 Å². The number of nitrogens with two attached hydrogens (primary N) is 1. The van der Waals surface area contributed by atoms with Crippen LogP contribution in [0.25, 0.3) is 0 Å². The van der Waals surface area contributed by atoms with Gasteiger partial charge in [-0.05, 0) is 37.0 Å². The third-order valence-corrected chi connectivity index (χ3v) is 2.39. The van der Waals surface area contributed by atoms with Crippen LogP contribution in [0.1, 0.15) is 30.0 Å². The molecule has 0 heterocycles. The van der Waals surface area contributed by atoms with Crippen LogP contribution in [-0.4, -0.2) is 0 Å². The Kier molecular flexibility index (Phi) is 6.21. The first-order valence-electron chi connectivity index (χ1n) is 4.78. The minimum Gasteiger partial charge on any atom is -0.324 e. The van der Waals surface area contributed by atoms with Gasteiger partial charge in [0.1, 0.15) is 5.82 Å². The van der Waals surface area contributed by atoms with E-state index < -0.39 is 0 Å². The fourth-order valence-corrected chi connectivity index (χ4v) is 1.48. The molecule has 0 aliphatic rings. The third-order valence-electron chi connectivity index (χ3n) is 2.39. The minimum absolute atomic E-state index is 0. The molecule has 0 amide bonds. The summed E-state index contributed by atoms with van der Waals surface area (Å²) in [6.45, 7) is 5.40. The molecule has 0 aromatic heterocycles. The Bertz CT molecular complexity index is 325. The van der Waals surface area contributed by atoms with Gasteiger partial charge in [0.05, 0.1) is 0 Å². The van der Waals surface area contributed by atoms with Gasteiger partial charge in [0.15, 0.2) is 0 Å². The Morgan fingerprint density at radius 3 is 2.80 bits per heavy atom. The average molecular weight is 230 g/mol. The number of halogens is 2. The average Bonchev–Trinajstić information content (AvgIpc) is 2.18. The number of allylic oxidation sites excluding steroid dienone is 1. The molecule has 15 heavy (non-hydrogen) atoms. The summed E-state index contributed by atoms with van der Waals surface area (Å²) in [6, 6.07) is 4.94. The van der Waals surface area contributed by atoms with E-state index in [1.807, 2.05) is 12.1 Å². The fraction of sp³-hybridized carbons (Fsp3) is 0.333. The molecule has 0 bridgehead atoms. The first-order valence-corrected chi connectivity index (χ1v) is 4.78. The van der Waals surface area contributed by atoms with Crippen LogP contribution in [0.2, 0.25) is 0 Å². The third kappa shape index (κ3) is 3.65. The molecule has 0 fully saturated rings. The van der Waals surface area contributed by atoms with E-state index in [0.717, 1.165) is 18.4 Å². The van der Waals surface area contributed by atoms with E-state index in [4.69, 9.17) is 5.73 Å². The molecule has 84 valence electrons. The molecule has 0 spiro atoms. The first kappa shape index (κ1) is 14.1. The molecule has 0 aliphatic carbocycles. The maximum Gasteiger partial charge on any atom is 0.126 e. The topological polar surface area (TPSA) is 26.0 Å². The predicted octanol–water partition coefficient (Wildman–Crippen LogP) is 3.52. The van der Waals surface area contributed by atoms with Gasteiger partial charge in [-0.3, -0.25) is 0 Å². The fourth-order valence-electron chi connectivity index (χ4n) is 1.48. The van der Waals surface area contributed by atoms with Crippen molar-refractivity contribution in [2.75, 3.05) is 0 Å². The van der Waals surface area contributed by atoms with Crippen LogP contribution in [0.5, 0.6) is 0 Å². The highest BCUT2D eigenvalue weighted by Gasteiger charge is 2.10. The van der Waals surface area contributed by atoms with Crippen molar-refractivity contribution in [1.29, 1.82) is 0 Å². The van der Waals surface area contributed by atoms with Crippen molar-refractivity contribution in [2.24, 2.45) is 5.73 Å². The first-order chi connectivity index (χ1) is 6.66. The maximum absolute atomic E-state index is 13.2. The summed E-state index contributed by atoms with van der Waals surface area (Å²) in [4.78, 5) is 0. The zero-order valence-electron chi connectivity index (χ0n) is 8.87. The molecule has 0 radical (unpaired) electrons. The van der Waals surface area contributed by atoms with Gasteiger partial charge >= 0.3 is 0 Å². The summed E-state index contributed by atoms with van der Waals surface area (Å²) in [5, 5.41) is 0. The van der Waals surface area contributed by atoms with Crippen molar-refractivity contribution in [3.05, 3.63) is 47.8 Å². The normalized spacial score (nSPS) is 11.7. The smallest absolute Gasteiger partial charge is 0.126 e. The molecule has 1 atom stereocenters. The van der Waals surface area contributed by atoms with Gasteiger partial charge in [-0.25, -0.2) is 4.39 Å². The zero-order valence-corrected chi connectivity index (χ0v) is 9.69. The van der Waals surface area contributed by atoms with Crippen molar-refractivity contribution in [3.63, 3.8) is 0 Å². The SMILES string of the molecule is C=CCC[C@@H](N)c1cccc(F)c1C.Cl. The monoisotopic (exact) mass is 229 g/mol. The van der Waals surface area contributed by atoms with E-state index in [1.54, 1.807) is 13.0 Å². The lowest BCUT2D eigenvalue weighted by Crippen LogP contribution is -2.12. The minimum atomic E-state index is -0.184. The van der Waals surface area contributed by atoms with Crippen LogP contribution in [0, 0.1) is 12.7 Å². The molecule has 1 aromatic rings. The predicted molar refractivity (Wildman–Crippen MR) is 64.7 cm³/mol. The van der Waals surface area contributed by atoms with E-state index >= 15 is 0 Å². The van der Waals surface area contributed by atoms with Crippen LogP contribution in [0.4, 0.5) is 4.39 Å². The second-order valence-corrected chi connectivity index (χ2v) is 3.43. The Balaban J connectivity index is 0.00000196. The maximum atomic E-state index is 13.2. The number of benzene rings is 1. The van der Waals surface area contributed by atoms with Gasteiger partial charge in [0, 0.05) is 6.04 Å². The number of rotatable bonds is 4. The Morgan fingerprint density at radius 2 is 2.20 bits per heavy atom. The lowest BCUT2D eigenvalue weighted by molar-refractivity contribution is 0.599. The molecule has 3 heteroatoms. The summed E-state index contributed by atoms with van der Waals surface area (Å²) in [7, 11) is 0. The van der Waals surface area contributed by atoms with Gasteiger partial charge in [-0.1, -0.05) is 18.2 Å². The molecule has 0 saturated heterocycles. The van der Waals surface area contributed by atoms with E-state index in [1.165, 1.54) is 6.07 Å². The molecule has 1 rings (SSSR count). The van der Waals surface area contributed by atoms with E-state index in [9.17, 15) is 4.39 Å². The van der Waals surface area contributed by atoms with E-state index in [2.05, 4.69) is 6.58 Å². The van der Waals surface area contributed by atoms with Crippen molar-refractivity contribution < 1.29 is 4.39 Å². The highest BCUT2D eigenvalue weighted by atomic mass is 35.5. The quantitative estimate of drug-likeness (QED) is 0.786. The molecule has 1 nitrogen and oxygen atoms in total. The van der Waals surface area contributed by atoms with Crippen molar-refractivity contribution in [3.8, 4) is 0 Å². The molecule has 1 aromatic carbocycles. The zero-order chi connectivity index (χ0) is 10.6. The van der Waals surface area contributed by atoms with Crippen LogP contribution < -0.4 is 5.73 Å². The summed E-state index contributed by atoms with van der Waals surface area (Å²) in [5.74, 6) is -0.184. The van der Waals surface area contributed by atoms with Crippen molar-refractivity contribution >= 4 is 12.4 Å². The summed E-state index contributed by atoms with van der Waals surface area (Å²) in [6.07, 6.45) is 3.50. The van der Waals surface area contributed by atoms with Crippen LogP contribution in [-0.2, 0) is 0 Å². The van der Waals surface area contributed by atoms with Gasteiger partial charge in [0.2, 0.25) is 0 Å². The second kappa shape index (κ2) is 6.59. The Morgan fingerprint density at radius 1 is 1.53 bits per heavy atom. The molecule has 0 saturated carbocycles. The van der Waals surface area contributed by atoms with Crippen LogP contribution in [0.15, 0.2) is 30.9 Å². The second-order valence-electron chi connectivity index (χ2n) is 3.43. The molecule has 0 aliphatic heterocycles. The van der Waals surface area contributed by atoms with Crippen molar-refractivity contribution in [1.82, 2.24) is 0 Å². The highest BCUT2D eigenvalue weighted by molar-refractivity contribution is 5.85. The summed E-state index contributed by atoms with van der Waals surface area (Å²) < 4.78 is 13.2. The number of hydrogen-bond donors (Lipinski definition) is 1. The molecule has 2 N–H and O–H groups in total. The van der Waals surface area contributed by atoms with Gasteiger partial charge in [-0.2, -0.15) is 0 Å². The van der Waals surface area contributed by atoms with Crippen LogP contribution in [0.3, 0.4) is 0 Å². The molecular formula is C12H17ClFN. The Labute approximate surface area is 96.6 Å². The van der Waals surface area contributed by atoms with Crippen molar-refractivity contribution in [2.45, 2.75) is 25.8 Å². The van der Waals surface area contributed by atoms with Crippen LogP contribution >= 0.6 is 12.4 Å². The lowest BCUT2D eigenvalue weighted by atomic mass is 9.98. The number of hydrogen-bond acceptors (Lipinski definition) is 1. The molecular weight excluding hydrogens is 213 g/mol. The summed E-state index contributed by atoms with van der Waals surface area (Å²) >= 11 is 0. The van der Waals surface area contributed by atoms with Gasteiger partial charge in [-0.15, -0.1) is 19.0 Å². The van der Waals surface area contributed by atoms with E-state index in [-0.39, 0.29) is 24.3 Å². The summed E-state index contributed by atoms with van der Waals surface area (Å²) in [5.41, 5.74) is 7.49.